The summed E-state index contributed by atoms with van der Waals surface area (Å²) in [5.41, 5.74) is 0.904. The van der Waals surface area contributed by atoms with Crippen LogP contribution in [0.3, 0.4) is 0 Å². The van der Waals surface area contributed by atoms with E-state index < -0.39 is 15.9 Å². The number of sulfone groups is 1. The molecule has 1 saturated heterocycles. The Bertz CT molecular complexity index is 481. The van der Waals surface area contributed by atoms with Crippen molar-refractivity contribution in [2.75, 3.05) is 11.5 Å². The summed E-state index contributed by atoms with van der Waals surface area (Å²) in [5, 5.41) is 12.9. The van der Waals surface area contributed by atoms with Crippen molar-refractivity contribution in [3.63, 3.8) is 0 Å². The highest BCUT2D eigenvalue weighted by Gasteiger charge is 2.29. The third-order valence-electron chi connectivity index (χ3n) is 3.04. The second-order valence-electron chi connectivity index (χ2n) is 4.72. The normalized spacial score (nSPS) is 24.9. The molecule has 1 N–H and O–H groups in total. The Hall–Kier alpha value is -0.460. The monoisotopic (exact) mass is 275 g/mol. The van der Waals surface area contributed by atoms with Gasteiger partial charge in [-0.15, -0.1) is 11.3 Å². The highest BCUT2D eigenvalue weighted by molar-refractivity contribution is 7.91. The zero-order chi connectivity index (χ0) is 12.5. The molecule has 1 aliphatic rings. The zero-order valence-corrected chi connectivity index (χ0v) is 11.4. The van der Waals surface area contributed by atoms with Gasteiger partial charge in [0, 0.05) is 11.8 Å². The molecule has 1 aromatic heterocycles. The molecule has 1 aromatic rings. The van der Waals surface area contributed by atoms with Gasteiger partial charge in [0.15, 0.2) is 9.84 Å². The van der Waals surface area contributed by atoms with Gasteiger partial charge in [0.05, 0.1) is 28.3 Å². The van der Waals surface area contributed by atoms with Crippen LogP contribution in [0, 0.1) is 12.8 Å². The van der Waals surface area contributed by atoms with E-state index >= 15 is 0 Å². The van der Waals surface area contributed by atoms with Crippen molar-refractivity contribution in [2.45, 2.75) is 32.3 Å². The lowest BCUT2D eigenvalue weighted by Crippen LogP contribution is -2.17. The first-order chi connectivity index (χ1) is 7.94. The van der Waals surface area contributed by atoms with Crippen molar-refractivity contribution < 1.29 is 13.5 Å². The summed E-state index contributed by atoms with van der Waals surface area (Å²) in [5.74, 6) is 0.634. The second-order valence-corrected chi connectivity index (χ2v) is 8.01. The molecule has 2 heterocycles. The van der Waals surface area contributed by atoms with Crippen LogP contribution in [0.5, 0.6) is 0 Å². The molecule has 0 saturated carbocycles. The summed E-state index contributed by atoms with van der Waals surface area (Å²) in [7, 11) is -2.83. The second kappa shape index (κ2) is 5.04. The fourth-order valence-electron chi connectivity index (χ4n) is 2.27. The number of aliphatic hydroxyl groups excluding tert-OH is 1. The maximum absolute atomic E-state index is 11.3. The van der Waals surface area contributed by atoms with Crippen LogP contribution in [0.4, 0.5) is 0 Å². The number of aliphatic hydroxyl groups is 1. The van der Waals surface area contributed by atoms with Gasteiger partial charge >= 0.3 is 0 Å². The van der Waals surface area contributed by atoms with Crippen molar-refractivity contribution in [1.29, 1.82) is 0 Å². The van der Waals surface area contributed by atoms with Crippen LogP contribution in [-0.4, -0.2) is 36.1 Å². The number of aryl methyl sites for hydroxylation is 1. The molecule has 1 fully saturated rings. The molecule has 0 spiro atoms. The summed E-state index contributed by atoms with van der Waals surface area (Å²) < 4.78 is 22.6. The summed E-state index contributed by atoms with van der Waals surface area (Å²) in [6.07, 6.45) is 1.31. The molecular formula is C11H17NO3S2. The molecule has 0 aliphatic carbocycles. The minimum Gasteiger partial charge on any atom is -0.393 e. The van der Waals surface area contributed by atoms with E-state index in [4.69, 9.17) is 0 Å². The van der Waals surface area contributed by atoms with E-state index in [1.807, 2.05) is 12.3 Å². The van der Waals surface area contributed by atoms with E-state index in [1.54, 1.807) is 11.3 Å². The lowest BCUT2D eigenvalue weighted by atomic mass is 9.99. The Morgan fingerprint density at radius 3 is 2.94 bits per heavy atom. The van der Waals surface area contributed by atoms with E-state index in [0.717, 1.165) is 10.7 Å². The van der Waals surface area contributed by atoms with Gasteiger partial charge in [-0.05, 0) is 25.7 Å². The van der Waals surface area contributed by atoms with Gasteiger partial charge in [0.2, 0.25) is 0 Å². The molecule has 0 amide bonds. The molecule has 0 radical (unpaired) electrons. The van der Waals surface area contributed by atoms with E-state index in [9.17, 15) is 13.5 Å². The average Bonchev–Trinajstić information content (AvgIpc) is 2.73. The largest absolute Gasteiger partial charge is 0.393 e. The molecule has 17 heavy (non-hydrogen) atoms. The molecular weight excluding hydrogens is 258 g/mol. The lowest BCUT2D eigenvalue weighted by molar-refractivity contribution is 0.146. The summed E-state index contributed by atoms with van der Waals surface area (Å²) in [4.78, 5) is 4.29. The maximum Gasteiger partial charge on any atom is 0.150 e. The van der Waals surface area contributed by atoms with Crippen LogP contribution in [-0.2, 0) is 16.3 Å². The minimum atomic E-state index is -2.83. The van der Waals surface area contributed by atoms with Crippen LogP contribution >= 0.6 is 11.3 Å². The van der Waals surface area contributed by atoms with Crippen LogP contribution in [0.1, 0.15) is 23.5 Å². The third-order valence-corrected chi connectivity index (χ3v) is 5.70. The van der Waals surface area contributed by atoms with Crippen molar-refractivity contribution >= 4 is 21.2 Å². The predicted octanol–water partition coefficient (Wildman–Crippen LogP) is 1.18. The van der Waals surface area contributed by atoms with Crippen molar-refractivity contribution in [1.82, 2.24) is 4.98 Å². The van der Waals surface area contributed by atoms with Crippen molar-refractivity contribution in [2.24, 2.45) is 5.92 Å². The molecule has 1 aliphatic heterocycles. The van der Waals surface area contributed by atoms with Crippen LogP contribution in [0.25, 0.3) is 0 Å². The fourth-order valence-corrected chi connectivity index (χ4v) is 4.77. The Balaban J connectivity index is 1.84. The van der Waals surface area contributed by atoms with Crippen LogP contribution < -0.4 is 0 Å². The van der Waals surface area contributed by atoms with E-state index in [2.05, 4.69) is 4.98 Å². The predicted molar refractivity (Wildman–Crippen MR) is 67.9 cm³/mol. The number of hydrogen-bond acceptors (Lipinski definition) is 5. The van der Waals surface area contributed by atoms with Crippen molar-refractivity contribution in [3.8, 4) is 0 Å². The Morgan fingerprint density at radius 2 is 2.41 bits per heavy atom. The van der Waals surface area contributed by atoms with Gasteiger partial charge in [-0.25, -0.2) is 13.4 Å². The van der Waals surface area contributed by atoms with E-state index in [-0.39, 0.29) is 17.4 Å². The molecule has 6 heteroatoms. The first-order valence-electron chi connectivity index (χ1n) is 5.74. The first kappa shape index (κ1) is 13.0. The van der Waals surface area contributed by atoms with Crippen LogP contribution in [0.15, 0.2) is 5.38 Å². The molecule has 96 valence electrons. The standard InChI is InChI=1S/C11H17NO3S2/c1-8-12-10(6-16-8)5-11(13)4-9-2-3-17(14,15)7-9/h6,9,11,13H,2-5,7H2,1H3. The summed E-state index contributed by atoms with van der Waals surface area (Å²) in [6, 6.07) is 0. The van der Waals surface area contributed by atoms with Gasteiger partial charge < -0.3 is 5.11 Å². The number of aromatic nitrogens is 1. The van der Waals surface area contributed by atoms with Crippen LogP contribution in [0.2, 0.25) is 0 Å². The molecule has 0 bridgehead atoms. The van der Waals surface area contributed by atoms with Gasteiger partial charge in [0.25, 0.3) is 0 Å². The average molecular weight is 275 g/mol. The number of nitrogens with zero attached hydrogens (tertiary/aromatic N) is 1. The van der Waals surface area contributed by atoms with Gasteiger partial charge in [-0.3, -0.25) is 0 Å². The van der Waals surface area contributed by atoms with E-state index in [1.165, 1.54) is 0 Å². The lowest BCUT2D eigenvalue weighted by Gasteiger charge is -2.13. The Labute approximate surface area is 106 Å². The topological polar surface area (TPSA) is 67.3 Å². The quantitative estimate of drug-likeness (QED) is 0.896. The molecule has 2 rings (SSSR count). The molecule has 0 aromatic carbocycles. The van der Waals surface area contributed by atoms with Gasteiger partial charge in [-0.2, -0.15) is 0 Å². The Morgan fingerprint density at radius 1 is 1.65 bits per heavy atom. The van der Waals surface area contributed by atoms with Crippen molar-refractivity contribution in [3.05, 3.63) is 16.1 Å². The maximum atomic E-state index is 11.3. The fraction of sp³-hybridized carbons (Fsp3) is 0.727. The molecule has 2 atom stereocenters. The number of rotatable bonds is 4. The highest BCUT2D eigenvalue weighted by atomic mass is 32.2. The highest BCUT2D eigenvalue weighted by Crippen LogP contribution is 2.24. The number of hydrogen-bond donors (Lipinski definition) is 1. The van der Waals surface area contributed by atoms with Gasteiger partial charge in [-0.1, -0.05) is 0 Å². The zero-order valence-electron chi connectivity index (χ0n) is 9.80. The van der Waals surface area contributed by atoms with Gasteiger partial charge in [0.1, 0.15) is 0 Å². The Kier molecular flexibility index (Phi) is 3.85. The van der Waals surface area contributed by atoms with E-state index in [0.29, 0.717) is 19.3 Å². The minimum absolute atomic E-state index is 0.120. The summed E-state index contributed by atoms with van der Waals surface area (Å²) in [6.45, 7) is 1.93. The molecule has 2 unspecified atom stereocenters. The number of thiazole rings is 1. The first-order valence-corrected chi connectivity index (χ1v) is 8.44. The summed E-state index contributed by atoms with van der Waals surface area (Å²) >= 11 is 1.57. The smallest absolute Gasteiger partial charge is 0.150 e. The third kappa shape index (κ3) is 3.76. The molecule has 4 nitrogen and oxygen atoms in total. The SMILES string of the molecule is Cc1nc(CC(O)CC2CCS(=O)(=O)C2)cs1.